The molecule has 2 unspecified atom stereocenters. The molecule has 0 spiro atoms. The van der Waals surface area contributed by atoms with Gasteiger partial charge in [0.1, 0.15) is 19.8 Å². The first-order chi connectivity index (χ1) is 38.0. The van der Waals surface area contributed by atoms with E-state index in [0.29, 0.717) is 17.4 Å². The molecule has 0 N–H and O–H groups in total. The van der Waals surface area contributed by atoms with Crippen LogP contribution in [0.15, 0.2) is 122 Å². The van der Waals surface area contributed by atoms with Gasteiger partial charge in [0.15, 0.2) is 6.10 Å². The van der Waals surface area contributed by atoms with Crippen LogP contribution in [0.2, 0.25) is 0 Å². The molecule has 0 aliphatic heterocycles. The van der Waals surface area contributed by atoms with Crippen molar-refractivity contribution in [1.29, 1.82) is 0 Å². The minimum atomic E-state index is -4.65. The highest BCUT2D eigenvalue weighted by molar-refractivity contribution is 7.45. The molecule has 0 amide bonds. The molecule has 0 saturated heterocycles. The number of hydrogen-bond acceptors (Lipinski definition) is 8. The lowest BCUT2D eigenvalue weighted by Crippen LogP contribution is -2.37. The smallest absolute Gasteiger partial charge is 0.306 e. The van der Waals surface area contributed by atoms with Crippen LogP contribution in [0, 0.1) is 0 Å². The summed E-state index contributed by atoms with van der Waals surface area (Å²) in [7, 11) is 1.14. The van der Waals surface area contributed by atoms with Crippen LogP contribution in [0.3, 0.4) is 0 Å². The normalized spacial score (nSPS) is 14.1. The maximum absolute atomic E-state index is 12.8. The first kappa shape index (κ1) is 74.4. The molecule has 0 aromatic heterocycles. The Labute approximate surface area is 479 Å². The van der Waals surface area contributed by atoms with E-state index in [1.165, 1.54) is 103 Å². The van der Waals surface area contributed by atoms with Crippen LogP contribution >= 0.6 is 7.82 Å². The SMILES string of the molecule is CC/C=C\C/C=C\C/C=C\C/C=C\C/C=C\C/C=C\CCCCCCC(=O)OC(COC(=O)CCCCCCCCCCCCCCCCCCCC/C=C\C/C=C\C/C=C\C/C=C\CC)COP(=O)([O-])OCC[N+](C)(C)C. The summed E-state index contributed by atoms with van der Waals surface area (Å²) in [5, 5.41) is 0. The van der Waals surface area contributed by atoms with Crippen LogP contribution in [0.5, 0.6) is 0 Å². The Morgan fingerprint density at radius 2 is 0.692 bits per heavy atom. The topological polar surface area (TPSA) is 111 Å². The zero-order valence-electron chi connectivity index (χ0n) is 50.6. The number of allylic oxidation sites excluding steroid dienone is 20. The summed E-state index contributed by atoms with van der Waals surface area (Å²) in [4.78, 5) is 37.9. The van der Waals surface area contributed by atoms with Gasteiger partial charge in [0.25, 0.3) is 7.82 Å². The Morgan fingerprint density at radius 3 is 1.03 bits per heavy atom. The van der Waals surface area contributed by atoms with Gasteiger partial charge >= 0.3 is 11.9 Å². The number of nitrogens with zero attached hydrogens (tertiary/aromatic N) is 1. The minimum Gasteiger partial charge on any atom is -0.756 e. The van der Waals surface area contributed by atoms with Gasteiger partial charge in [-0.3, -0.25) is 14.2 Å². The first-order valence-corrected chi connectivity index (χ1v) is 32.7. The van der Waals surface area contributed by atoms with Gasteiger partial charge in [-0.1, -0.05) is 251 Å². The van der Waals surface area contributed by atoms with Crippen molar-refractivity contribution in [2.75, 3.05) is 47.5 Å². The van der Waals surface area contributed by atoms with E-state index in [4.69, 9.17) is 18.5 Å². The largest absolute Gasteiger partial charge is 0.756 e. The second kappa shape index (κ2) is 58.1. The van der Waals surface area contributed by atoms with E-state index in [2.05, 4.69) is 135 Å². The van der Waals surface area contributed by atoms with E-state index in [1.54, 1.807) is 0 Å². The molecule has 0 fully saturated rings. The molecule has 0 aromatic rings. The third kappa shape index (κ3) is 61.6. The Morgan fingerprint density at radius 1 is 0.397 bits per heavy atom. The lowest BCUT2D eigenvalue weighted by Gasteiger charge is -2.28. The molecule has 0 saturated carbocycles. The average Bonchev–Trinajstić information content (AvgIpc) is 3.40. The predicted molar refractivity (Wildman–Crippen MR) is 332 cm³/mol. The Kier molecular flexibility index (Phi) is 55.4. The van der Waals surface area contributed by atoms with E-state index in [1.807, 2.05) is 21.1 Å². The molecule has 0 radical (unpaired) electrons. The number of ether oxygens (including phenoxy) is 2. The number of phosphoric ester groups is 1. The van der Waals surface area contributed by atoms with Crippen LogP contribution in [-0.4, -0.2) is 70.0 Å². The van der Waals surface area contributed by atoms with Crippen LogP contribution < -0.4 is 4.89 Å². The van der Waals surface area contributed by atoms with Crippen molar-refractivity contribution >= 4 is 19.8 Å². The molecule has 446 valence electrons. The predicted octanol–water partition coefficient (Wildman–Crippen LogP) is 19.3. The van der Waals surface area contributed by atoms with Crippen LogP contribution in [0.4, 0.5) is 0 Å². The lowest BCUT2D eigenvalue weighted by atomic mass is 10.0. The number of rotatable bonds is 56. The van der Waals surface area contributed by atoms with Crippen molar-refractivity contribution in [3.63, 3.8) is 0 Å². The molecule has 0 aromatic carbocycles. The van der Waals surface area contributed by atoms with Gasteiger partial charge in [-0.25, -0.2) is 0 Å². The molecule has 78 heavy (non-hydrogen) atoms. The maximum Gasteiger partial charge on any atom is 0.306 e. The molecular formula is C68H116NO8P. The first-order valence-electron chi connectivity index (χ1n) is 31.2. The maximum atomic E-state index is 12.8. The van der Waals surface area contributed by atoms with Crippen molar-refractivity contribution in [2.45, 2.75) is 251 Å². The van der Waals surface area contributed by atoms with Crippen LogP contribution in [0.25, 0.3) is 0 Å². The van der Waals surface area contributed by atoms with E-state index >= 15 is 0 Å². The van der Waals surface area contributed by atoms with Gasteiger partial charge in [0, 0.05) is 12.8 Å². The fourth-order valence-corrected chi connectivity index (χ4v) is 8.97. The summed E-state index contributed by atoms with van der Waals surface area (Å²) < 4.78 is 34.2. The van der Waals surface area contributed by atoms with Gasteiger partial charge in [-0.05, 0) is 103 Å². The zero-order valence-corrected chi connectivity index (χ0v) is 51.5. The summed E-state index contributed by atoms with van der Waals surface area (Å²) in [6.45, 7) is 3.98. The van der Waals surface area contributed by atoms with Gasteiger partial charge in [0.2, 0.25) is 0 Å². The highest BCUT2D eigenvalue weighted by atomic mass is 31.2. The highest BCUT2D eigenvalue weighted by Gasteiger charge is 2.22. The highest BCUT2D eigenvalue weighted by Crippen LogP contribution is 2.38. The average molecular weight is 1110 g/mol. The van der Waals surface area contributed by atoms with E-state index in [-0.39, 0.29) is 26.1 Å². The van der Waals surface area contributed by atoms with E-state index in [9.17, 15) is 19.0 Å². The Balaban J connectivity index is 4.14. The fraction of sp³-hybridized carbons (Fsp3) is 0.676. The standard InChI is InChI=1S/C68H116NO8P/c1-6-8-10-12-14-16-18-20-22-24-26-28-30-31-32-33-34-35-36-37-39-40-42-44-46-48-50-52-54-56-58-60-67(70)74-64-66(65-76-78(72,73)75-63-62-69(3,4)5)77-68(71)61-59-57-55-53-51-49-47-45-43-41-38-29-27-25-23-21-19-17-15-13-11-9-7-2/h8-11,14-17,20-23,26-29,41,43,47,49,66H,6-7,12-13,18-19,24-25,30-40,42,44-46,48,50-65H2,1-5H3/b10-8-,11-9-,16-14-,17-15-,22-20-,23-21-,28-26-,29-27-,43-41-,49-47-. The molecule has 2 atom stereocenters. The molecular weight excluding hydrogens is 990 g/mol. The number of esters is 2. The minimum absolute atomic E-state index is 0.0415. The van der Waals surface area contributed by atoms with E-state index in [0.717, 1.165) is 109 Å². The quantitative estimate of drug-likeness (QED) is 0.0195. The van der Waals surface area contributed by atoms with Crippen molar-refractivity contribution in [3.8, 4) is 0 Å². The third-order valence-electron chi connectivity index (χ3n) is 13.0. The number of hydrogen-bond donors (Lipinski definition) is 0. The van der Waals surface area contributed by atoms with E-state index < -0.39 is 32.5 Å². The van der Waals surface area contributed by atoms with Crippen molar-refractivity contribution in [1.82, 2.24) is 0 Å². The number of carbonyl (C=O) groups is 2. The molecule has 0 bridgehead atoms. The number of quaternary nitrogens is 1. The van der Waals surface area contributed by atoms with Crippen molar-refractivity contribution < 1.29 is 42.1 Å². The van der Waals surface area contributed by atoms with Gasteiger partial charge < -0.3 is 27.9 Å². The monoisotopic (exact) mass is 1110 g/mol. The zero-order chi connectivity index (χ0) is 57.0. The van der Waals surface area contributed by atoms with Crippen molar-refractivity contribution in [3.05, 3.63) is 122 Å². The second-order valence-electron chi connectivity index (χ2n) is 21.7. The molecule has 0 heterocycles. The molecule has 0 aliphatic carbocycles. The third-order valence-corrected chi connectivity index (χ3v) is 13.9. The van der Waals surface area contributed by atoms with Crippen LogP contribution in [0.1, 0.15) is 245 Å². The summed E-state index contributed by atoms with van der Waals surface area (Å²) in [5.74, 6) is -0.864. The summed E-state index contributed by atoms with van der Waals surface area (Å²) >= 11 is 0. The van der Waals surface area contributed by atoms with Gasteiger partial charge in [-0.2, -0.15) is 0 Å². The molecule has 0 aliphatic rings. The number of unbranched alkanes of at least 4 members (excludes halogenated alkanes) is 22. The van der Waals surface area contributed by atoms with Gasteiger partial charge in [-0.15, -0.1) is 0 Å². The summed E-state index contributed by atoms with van der Waals surface area (Å²) in [6, 6.07) is 0. The molecule has 10 heteroatoms. The lowest BCUT2D eigenvalue weighted by molar-refractivity contribution is -0.870. The Hall–Kier alpha value is -3.59. The van der Waals surface area contributed by atoms with Crippen LogP contribution in [-0.2, 0) is 32.7 Å². The van der Waals surface area contributed by atoms with Crippen molar-refractivity contribution in [2.24, 2.45) is 0 Å². The Bertz CT molecular complexity index is 1730. The number of carbonyl (C=O) groups excluding carboxylic acids is 2. The number of likely N-dealkylation sites (N-methyl/N-ethyl adjacent to an activating group) is 1. The summed E-state index contributed by atoms with van der Waals surface area (Å²) in [5.41, 5.74) is 0. The summed E-state index contributed by atoms with van der Waals surface area (Å²) in [6.07, 6.45) is 82.6. The number of phosphoric acid groups is 1. The molecule has 9 nitrogen and oxygen atoms in total. The fourth-order valence-electron chi connectivity index (χ4n) is 8.24. The van der Waals surface area contributed by atoms with Gasteiger partial charge in [0.05, 0.1) is 27.7 Å². The second-order valence-corrected chi connectivity index (χ2v) is 23.1. The molecule has 0 rings (SSSR count).